The van der Waals surface area contributed by atoms with Crippen LogP contribution >= 0.6 is 0 Å². The van der Waals surface area contributed by atoms with Gasteiger partial charge in [-0.2, -0.15) is 0 Å². The molecule has 0 radical (unpaired) electrons. The Kier molecular flexibility index (Phi) is 4.16. The summed E-state index contributed by atoms with van der Waals surface area (Å²) in [6.07, 6.45) is 3.82. The van der Waals surface area contributed by atoms with Crippen molar-refractivity contribution in [2.24, 2.45) is 5.92 Å². The number of hydrogen-bond acceptors (Lipinski definition) is 4. The molecule has 2 amide bonds. The maximum Gasteiger partial charge on any atom is 0.240 e. The van der Waals surface area contributed by atoms with Crippen LogP contribution in [0.25, 0.3) is 0 Å². The van der Waals surface area contributed by atoms with Crippen molar-refractivity contribution in [1.29, 1.82) is 0 Å². The van der Waals surface area contributed by atoms with Gasteiger partial charge >= 0.3 is 0 Å². The summed E-state index contributed by atoms with van der Waals surface area (Å²) in [5, 5.41) is 0. The van der Waals surface area contributed by atoms with E-state index in [0.717, 1.165) is 31.2 Å². The summed E-state index contributed by atoms with van der Waals surface area (Å²) < 4.78 is 11.5. The van der Waals surface area contributed by atoms with E-state index in [2.05, 4.69) is 0 Å². The Hall–Kier alpha value is -1.72. The van der Waals surface area contributed by atoms with E-state index in [1.54, 1.807) is 0 Å². The van der Waals surface area contributed by atoms with Gasteiger partial charge in [-0.1, -0.05) is 30.3 Å². The van der Waals surface area contributed by atoms with E-state index in [1.165, 1.54) is 4.90 Å². The van der Waals surface area contributed by atoms with Crippen LogP contribution in [0.5, 0.6) is 0 Å². The summed E-state index contributed by atoms with van der Waals surface area (Å²) in [4.78, 5) is 27.1. The van der Waals surface area contributed by atoms with E-state index in [9.17, 15) is 9.59 Å². The molecule has 3 aliphatic rings. The lowest BCUT2D eigenvalue weighted by atomic mass is 9.81. The lowest BCUT2D eigenvalue weighted by Crippen LogP contribution is -2.42. The second-order valence-corrected chi connectivity index (χ2v) is 7.74. The molecule has 0 aromatic heterocycles. The first-order valence-corrected chi connectivity index (χ1v) is 9.21. The van der Waals surface area contributed by atoms with Gasteiger partial charge in [0.15, 0.2) is 5.79 Å². The molecule has 1 spiro atoms. The van der Waals surface area contributed by atoms with Gasteiger partial charge in [-0.15, -0.1) is 0 Å². The standard InChI is InChI=1S/C20H25NO4/c1-19(16-5-3-2-4-6-16)13-17(22)21(18(19)23)14-15-7-9-20(10-8-15)24-11-12-25-20/h2-6,15H,7-14H2,1H3/t19-/m0/s1. The van der Waals surface area contributed by atoms with Crippen molar-refractivity contribution in [3.05, 3.63) is 35.9 Å². The second-order valence-electron chi connectivity index (χ2n) is 7.74. The van der Waals surface area contributed by atoms with Gasteiger partial charge in [0.25, 0.3) is 0 Å². The summed E-state index contributed by atoms with van der Waals surface area (Å²) in [7, 11) is 0. The van der Waals surface area contributed by atoms with E-state index >= 15 is 0 Å². The van der Waals surface area contributed by atoms with Crippen molar-refractivity contribution in [2.45, 2.75) is 50.2 Å². The molecule has 5 nitrogen and oxygen atoms in total. The number of nitrogens with zero attached hydrogens (tertiary/aromatic N) is 1. The molecule has 25 heavy (non-hydrogen) atoms. The Bertz CT molecular complexity index is 658. The summed E-state index contributed by atoms with van der Waals surface area (Å²) in [6.45, 7) is 3.75. The smallest absolute Gasteiger partial charge is 0.240 e. The first-order valence-electron chi connectivity index (χ1n) is 9.21. The van der Waals surface area contributed by atoms with Crippen LogP contribution in [-0.4, -0.2) is 42.3 Å². The quantitative estimate of drug-likeness (QED) is 0.792. The normalized spacial score (nSPS) is 29.7. The number of carbonyl (C=O) groups is 2. The predicted octanol–water partition coefficient (Wildman–Crippen LogP) is 2.64. The molecule has 1 atom stereocenters. The number of ether oxygens (including phenoxy) is 2. The van der Waals surface area contributed by atoms with Crippen molar-refractivity contribution in [2.75, 3.05) is 19.8 Å². The van der Waals surface area contributed by atoms with Gasteiger partial charge in [0, 0.05) is 25.8 Å². The Morgan fingerprint density at radius 1 is 1.08 bits per heavy atom. The Morgan fingerprint density at radius 2 is 1.72 bits per heavy atom. The molecular formula is C20H25NO4. The molecule has 2 saturated heterocycles. The zero-order chi connectivity index (χ0) is 17.5. The summed E-state index contributed by atoms with van der Waals surface area (Å²) in [6, 6.07) is 9.64. The van der Waals surface area contributed by atoms with Crippen molar-refractivity contribution >= 4 is 11.8 Å². The van der Waals surface area contributed by atoms with Crippen molar-refractivity contribution in [3.8, 4) is 0 Å². The lowest BCUT2D eigenvalue weighted by molar-refractivity contribution is -0.183. The first-order chi connectivity index (χ1) is 12.0. The average Bonchev–Trinajstić information content (AvgIpc) is 3.17. The second kappa shape index (κ2) is 6.22. The third kappa shape index (κ3) is 2.89. The van der Waals surface area contributed by atoms with Crippen LogP contribution < -0.4 is 0 Å². The molecule has 0 bridgehead atoms. The molecular weight excluding hydrogens is 318 g/mol. The van der Waals surface area contributed by atoms with Crippen LogP contribution in [0, 0.1) is 5.92 Å². The molecule has 3 fully saturated rings. The van der Waals surface area contributed by atoms with Crippen molar-refractivity contribution < 1.29 is 19.1 Å². The van der Waals surface area contributed by atoms with Crippen molar-refractivity contribution in [3.63, 3.8) is 0 Å². The molecule has 1 saturated carbocycles. The van der Waals surface area contributed by atoms with Crippen LogP contribution in [-0.2, 0) is 24.5 Å². The maximum absolute atomic E-state index is 13.0. The molecule has 4 rings (SSSR count). The molecule has 2 heterocycles. The molecule has 0 unspecified atom stereocenters. The summed E-state index contributed by atoms with van der Waals surface area (Å²) in [5.41, 5.74) is 0.192. The van der Waals surface area contributed by atoms with Gasteiger partial charge < -0.3 is 9.47 Å². The number of imide groups is 1. The topological polar surface area (TPSA) is 55.8 Å². The minimum Gasteiger partial charge on any atom is -0.348 e. The molecule has 5 heteroatoms. The van der Waals surface area contributed by atoms with Gasteiger partial charge in [0.05, 0.1) is 18.6 Å². The predicted molar refractivity (Wildman–Crippen MR) is 91.7 cm³/mol. The summed E-state index contributed by atoms with van der Waals surface area (Å²) in [5.74, 6) is -0.166. The summed E-state index contributed by atoms with van der Waals surface area (Å²) >= 11 is 0. The van der Waals surface area contributed by atoms with Gasteiger partial charge in [-0.25, -0.2) is 0 Å². The number of carbonyl (C=O) groups excluding carboxylic acids is 2. The fraction of sp³-hybridized carbons (Fsp3) is 0.600. The largest absolute Gasteiger partial charge is 0.348 e. The fourth-order valence-corrected chi connectivity index (χ4v) is 4.44. The lowest BCUT2D eigenvalue weighted by Gasteiger charge is -2.36. The van der Waals surface area contributed by atoms with Crippen LogP contribution in [0.4, 0.5) is 0 Å². The van der Waals surface area contributed by atoms with Crippen LogP contribution in [0.2, 0.25) is 0 Å². The van der Waals surface area contributed by atoms with Gasteiger partial charge in [0.2, 0.25) is 11.8 Å². The van der Waals surface area contributed by atoms with Crippen molar-refractivity contribution in [1.82, 2.24) is 4.90 Å². The highest BCUT2D eigenvalue weighted by Gasteiger charge is 2.50. The van der Waals surface area contributed by atoms with Gasteiger partial charge in [-0.05, 0) is 31.2 Å². The Morgan fingerprint density at radius 3 is 2.36 bits per heavy atom. The van der Waals surface area contributed by atoms with E-state index in [1.807, 2.05) is 37.3 Å². The van der Waals surface area contributed by atoms with Gasteiger partial charge in [0.1, 0.15) is 0 Å². The molecule has 1 aliphatic carbocycles. The minimum atomic E-state index is -0.730. The number of likely N-dealkylation sites (tertiary alicyclic amines) is 1. The van der Waals surface area contributed by atoms with Crippen LogP contribution in [0.15, 0.2) is 30.3 Å². The Labute approximate surface area is 148 Å². The molecule has 134 valence electrons. The SMILES string of the molecule is C[C@@]1(c2ccccc2)CC(=O)N(CC2CCC3(CC2)OCCO3)C1=O. The van der Waals surface area contributed by atoms with E-state index in [0.29, 0.717) is 25.7 Å². The zero-order valence-electron chi connectivity index (χ0n) is 14.7. The van der Waals surface area contributed by atoms with Crippen LogP contribution in [0.3, 0.4) is 0 Å². The van der Waals surface area contributed by atoms with E-state index in [4.69, 9.17) is 9.47 Å². The third-order valence-corrected chi connectivity index (χ3v) is 6.06. The fourth-order valence-electron chi connectivity index (χ4n) is 4.44. The third-order valence-electron chi connectivity index (χ3n) is 6.06. The number of hydrogen-bond donors (Lipinski definition) is 0. The van der Waals surface area contributed by atoms with Gasteiger partial charge in [-0.3, -0.25) is 14.5 Å². The molecule has 1 aromatic rings. The molecule has 1 aromatic carbocycles. The molecule has 2 aliphatic heterocycles. The Balaban J connectivity index is 1.43. The zero-order valence-corrected chi connectivity index (χ0v) is 14.7. The van der Waals surface area contributed by atoms with Crippen LogP contribution in [0.1, 0.15) is 44.6 Å². The average molecular weight is 343 g/mol. The maximum atomic E-state index is 13.0. The number of benzene rings is 1. The first kappa shape index (κ1) is 16.7. The minimum absolute atomic E-state index is 0.0509. The highest BCUT2D eigenvalue weighted by Crippen LogP contribution is 2.41. The van der Waals surface area contributed by atoms with E-state index in [-0.39, 0.29) is 18.2 Å². The van der Waals surface area contributed by atoms with E-state index < -0.39 is 11.2 Å². The highest BCUT2D eigenvalue weighted by molar-refractivity contribution is 6.08. The number of amides is 2. The highest BCUT2D eigenvalue weighted by atomic mass is 16.7. The number of rotatable bonds is 3. The molecule has 0 N–H and O–H groups in total. The monoisotopic (exact) mass is 343 g/mol.